The first-order chi connectivity index (χ1) is 13.9. The molecule has 28 heavy (non-hydrogen) atoms. The highest BCUT2D eigenvalue weighted by molar-refractivity contribution is 6.25. The van der Waals surface area contributed by atoms with E-state index >= 15 is 0 Å². The summed E-state index contributed by atoms with van der Waals surface area (Å²) in [6, 6.07) is 31.2. The topological polar surface area (TPSA) is 12.4 Å². The first-order valence-corrected chi connectivity index (χ1v) is 9.85. The van der Waals surface area contributed by atoms with E-state index in [-0.39, 0.29) is 0 Å². The second-order valence-electron chi connectivity index (χ2n) is 7.55. The number of rotatable bonds is 1. The van der Waals surface area contributed by atoms with Crippen molar-refractivity contribution < 1.29 is 0 Å². The maximum atomic E-state index is 4.40. The van der Waals surface area contributed by atoms with E-state index in [4.69, 9.17) is 0 Å². The van der Waals surface area contributed by atoms with Crippen molar-refractivity contribution in [3.63, 3.8) is 0 Å². The summed E-state index contributed by atoms with van der Waals surface area (Å²) in [7, 11) is 0. The third-order valence-electron chi connectivity index (χ3n) is 5.96. The number of aliphatic imine (C=N–C) groups is 1. The van der Waals surface area contributed by atoms with Crippen LogP contribution >= 0.6 is 0 Å². The molecule has 0 atom stereocenters. The Hall–Kier alpha value is -3.45. The standard InChI is InChI=1S/C27H19N/c1-2-7-24-22(5-1)23-6-3-4-8-25(23)27-16-19(11-12-26(24)27)18-9-10-21-17-28-14-13-20(21)15-18/h1-12,15-17H,13-14H2. The SMILES string of the molecule is C1=NCCc2cc(-c3ccc4c5ccccc5c5ccccc5c4c3)ccc21. The summed E-state index contributed by atoms with van der Waals surface area (Å²) >= 11 is 0. The van der Waals surface area contributed by atoms with Gasteiger partial charge in [0.2, 0.25) is 0 Å². The molecule has 0 saturated carbocycles. The molecule has 0 N–H and O–H groups in total. The summed E-state index contributed by atoms with van der Waals surface area (Å²) in [6.45, 7) is 0.894. The fraction of sp³-hybridized carbons (Fsp3) is 0.0741. The Morgan fingerprint density at radius 1 is 0.536 bits per heavy atom. The summed E-state index contributed by atoms with van der Waals surface area (Å²) in [6.07, 6.45) is 3.03. The summed E-state index contributed by atoms with van der Waals surface area (Å²) in [4.78, 5) is 4.40. The molecule has 0 aromatic heterocycles. The zero-order chi connectivity index (χ0) is 18.5. The van der Waals surface area contributed by atoms with E-state index in [2.05, 4.69) is 89.9 Å². The minimum atomic E-state index is 0.894. The molecular weight excluding hydrogens is 338 g/mol. The first kappa shape index (κ1) is 15.6. The zero-order valence-corrected chi connectivity index (χ0v) is 15.5. The predicted molar refractivity (Wildman–Crippen MR) is 121 cm³/mol. The maximum absolute atomic E-state index is 4.40. The lowest BCUT2D eigenvalue weighted by atomic mass is 9.91. The quantitative estimate of drug-likeness (QED) is 0.293. The van der Waals surface area contributed by atoms with E-state index < -0.39 is 0 Å². The van der Waals surface area contributed by atoms with Crippen molar-refractivity contribution in [3.05, 3.63) is 96.1 Å². The molecule has 0 bridgehead atoms. The molecule has 0 amide bonds. The number of nitrogens with zero attached hydrogens (tertiary/aromatic N) is 1. The lowest BCUT2D eigenvalue weighted by Crippen LogP contribution is -2.02. The predicted octanol–water partition coefficient (Wildman–Crippen LogP) is 6.79. The molecule has 132 valence electrons. The van der Waals surface area contributed by atoms with Gasteiger partial charge in [0.05, 0.1) is 0 Å². The number of fused-ring (bicyclic) bond motifs is 7. The molecule has 1 heteroatoms. The summed E-state index contributed by atoms with van der Waals surface area (Å²) in [5.41, 5.74) is 5.22. The van der Waals surface area contributed by atoms with E-state index in [0.717, 1.165) is 13.0 Å². The highest BCUT2D eigenvalue weighted by Gasteiger charge is 2.11. The molecule has 1 nitrogen and oxygen atoms in total. The monoisotopic (exact) mass is 357 g/mol. The van der Waals surface area contributed by atoms with Crippen LogP contribution in [0.4, 0.5) is 0 Å². The van der Waals surface area contributed by atoms with Crippen LogP contribution in [0.1, 0.15) is 11.1 Å². The van der Waals surface area contributed by atoms with Crippen molar-refractivity contribution in [2.45, 2.75) is 6.42 Å². The summed E-state index contributed by atoms with van der Waals surface area (Å²) in [5, 5.41) is 7.94. The lowest BCUT2D eigenvalue weighted by Gasteiger charge is -2.14. The van der Waals surface area contributed by atoms with Gasteiger partial charge in [-0.3, -0.25) is 4.99 Å². The van der Waals surface area contributed by atoms with Crippen LogP contribution in [-0.2, 0) is 6.42 Å². The van der Waals surface area contributed by atoms with E-state index in [1.54, 1.807) is 0 Å². The molecule has 0 unspecified atom stereocenters. The number of hydrogen-bond acceptors (Lipinski definition) is 1. The Balaban J connectivity index is 1.66. The average molecular weight is 357 g/mol. The lowest BCUT2D eigenvalue weighted by molar-refractivity contribution is 0.953. The van der Waals surface area contributed by atoms with Crippen molar-refractivity contribution >= 4 is 38.5 Å². The second kappa shape index (κ2) is 6.03. The molecule has 6 rings (SSSR count). The average Bonchev–Trinajstić information content (AvgIpc) is 2.78. The third-order valence-corrected chi connectivity index (χ3v) is 5.96. The highest BCUT2D eigenvalue weighted by Crippen LogP contribution is 2.37. The molecule has 5 aromatic carbocycles. The zero-order valence-electron chi connectivity index (χ0n) is 15.5. The van der Waals surface area contributed by atoms with Gasteiger partial charge in [-0.25, -0.2) is 0 Å². The van der Waals surface area contributed by atoms with Gasteiger partial charge in [-0.05, 0) is 67.1 Å². The van der Waals surface area contributed by atoms with E-state index in [9.17, 15) is 0 Å². The van der Waals surface area contributed by atoms with Gasteiger partial charge in [-0.15, -0.1) is 0 Å². The van der Waals surface area contributed by atoms with Gasteiger partial charge in [-0.1, -0.05) is 78.9 Å². The number of benzene rings is 5. The van der Waals surface area contributed by atoms with Crippen molar-refractivity contribution in [1.82, 2.24) is 0 Å². The largest absolute Gasteiger partial charge is 0.292 e. The molecule has 1 aliphatic heterocycles. The van der Waals surface area contributed by atoms with Gasteiger partial charge in [-0.2, -0.15) is 0 Å². The molecule has 0 spiro atoms. The fourth-order valence-electron chi connectivity index (χ4n) is 4.56. The van der Waals surface area contributed by atoms with Crippen LogP contribution in [0.3, 0.4) is 0 Å². The molecular formula is C27H19N. The smallest absolute Gasteiger partial charge is 0.0430 e. The van der Waals surface area contributed by atoms with Crippen molar-refractivity contribution in [2.75, 3.05) is 6.54 Å². The Labute approximate surface area is 164 Å². The molecule has 0 saturated heterocycles. The van der Waals surface area contributed by atoms with Crippen molar-refractivity contribution in [3.8, 4) is 11.1 Å². The minimum absolute atomic E-state index is 0.894. The van der Waals surface area contributed by atoms with Crippen LogP contribution in [0.2, 0.25) is 0 Å². The van der Waals surface area contributed by atoms with Gasteiger partial charge < -0.3 is 0 Å². The van der Waals surface area contributed by atoms with Gasteiger partial charge in [0.15, 0.2) is 0 Å². The van der Waals surface area contributed by atoms with Gasteiger partial charge in [0.1, 0.15) is 0 Å². The molecule has 0 fully saturated rings. The highest BCUT2D eigenvalue weighted by atomic mass is 14.7. The molecule has 5 aromatic rings. The van der Waals surface area contributed by atoms with Crippen molar-refractivity contribution in [1.29, 1.82) is 0 Å². The van der Waals surface area contributed by atoms with Gasteiger partial charge in [0.25, 0.3) is 0 Å². The third kappa shape index (κ3) is 2.30. The van der Waals surface area contributed by atoms with Crippen LogP contribution in [0.15, 0.2) is 89.9 Å². The van der Waals surface area contributed by atoms with Crippen LogP contribution in [0.5, 0.6) is 0 Å². The van der Waals surface area contributed by atoms with Gasteiger partial charge >= 0.3 is 0 Å². The van der Waals surface area contributed by atoms with Crippen molar-refractivity contribution in [2.24, 2.45) is 4.99 Å². The Morgan fingerprint density at radius 3 is 1.82 bits per heavy atom. The molecule has 1 aliphatic rings. The second-order valence-corrected chi connectivity index (χ2v) is 7.55. The van der Waals surface area contributed by atoms with E-state index in [0.29, 0.717) is 0 Å². The van der Waals surface area contributed by atoms with E-state index in [1.807, 2.05) is 6.21 Å². The Morgan fingerprint density at radius 2 is 1.11 bits per heavy atom. The summed E-state index contributed by atoms with van der Waals surface area (Å²) < 4.78 is 0. The minimum Gasteiger partial charge on any atom is -0.292 e. The van der Waals surface area contributed by atoms with Crippen LogP contribution < -0.4 is 0 Å². The van der Waals surface area contributed by atoms with Crippen LogP contribution in [0, 0.1) is 0 Å². The first-order valence-electron chi connectivity index (χ1n) is 9.85. The van der Waals surface area contributed by atoms with E-state index in [1.165, 1.54) is 54.6 Å². The normalized spacial score (nSPS) is 13.3. The van der Waals surface area contributed by atoms with Crippen LogP contribution in [-0.4, -0.2) is 12.8 Å². The summed E-state index contributed by atoms with van der Waals surface area (Å²) in [5.74, 6) is 0. The van der Waals surface area contributed by atoms with Crippen LogP contribution in [0.25, 0.3) is 43.4 Å². The Kier molecular flexibility index (Phi) is 3.36. The van der Waals surface area contributed by atoms with Gasteiger partial charge in [0, 0.05) is 12.8 Å². The fourth-order valence-corrected chi connectivity index (χ4v) is 4.56. The molecule has 1 heterocycles. The maximum Gasteiger partial charge on any atom is 0.0430 e. The Bertz CT molecular complexity index is 1370. The molecule has 0 aliphatic carbocycles. The number of hydrogen-bond donors (Lipinski definition) is 0. The molecule has 0 radical (unpaired) electrons.